The monoisotopic (exact) mass is 389 g/mol. The Morgan fingerprint density at radius 3 is 2.07 bits per heavy atom. The van der Waals surface area contributed by atoms with Gasteiger partial charge in [0.05, 0.1) is 0 Å². The lowest BCUT2D eigenvalue weighted by Crippen LogP contribution is -2.18. The van der Waals surface area contributed by atoms with E-state index in [2.05, 4.69) is 5.32 Å². The zero-order valence-corrected chi connectivity index (χ0v) is 16.7. The number of esters is 1. The number of aryl methyl sites for hydroxylation is 3. The number of hydrogen-bond donors (Lipinski definition) is 1. The molecule has 0 saturated heterocycles. The zero-order chi connectivity index (χ0) is 20.8. The van der Waals surface area contributed by atoms with Crippen molar-refractivity contribution in [1.29, 1.82) is 0 Å². The van der Waals surface area contributed by atoms with Gasteiger partial charge in [-0.15, -0.1) is 0 Å². The fourth-order valence-corrected chi connectivity index (χ4v) is 2.76. The number of benzene rings is 3. The molecule has 0 heterocycles. The summed E-state index contributed by atoms with van der Waals surface area (Å²) >= 11 is 0. The number of hydrogen-bond acceptors (Lipinski definition) is 4. The Bertz CT molecular complexity index is 1010. The Morgan fingerprint density at radius 2 is 1.41 bits per heavy atom. The van der Waals surface area contributed by atoms with Gasteiger partial charge >= 0.3 is 5.97 Å². The molecule has 5 nitrogen and oxygen atoms in total. The van der Waals surface area contributed by atoms with E-state index in [1.165, 1.54) is 0 Å². The molecule has 3 aromatic carbocycles. The number of amides is 1. The van der Waals surface area contributed by atoms with Crippen molar-refractivity contribution < 1.29 is 19.1 Å². The van der Waals surface area contributed by atoms with Gasteiger partial charge in [0.1, 0.15) is 11.5 Å². The molecular formula is C24H23NO4. The van der Waals surface area contributed by atoms with Gasteiger partial charge in [-0.3, -0.25) is 4.79 Å². The molecule has 0 unspecified atom stereocenters. The quantitative estimate of drug-likeness (QED) is 0.484. The van der Waals surface area contributed by atoms with Crippen molar-refractivity contribution in [2.45, 2.75) is 20.8 Å². The van der Waals surface area contributed by atoms with E-state index in [1.54, 1.807) is 36.4 Å². The molecule has 3 aromatic rings. The smallest absolute Gasteiger partial charge is 0.349 e. The normalized spacial score (nSPS) is 10.3. The van der Waals surface area contributed by atoms with Crippen LogP contribution in [0, 0.1) is 20.8 Å². The number of rotatable bonds is 6. The molecule has 0 aliphatic heterocycles. The first-order valence-electron chi connectivity index (χ1n) is 9.29. The molecular weight excluding hydrogens is 366 g/mol. The van der Waals surface area contributed by atoms with E-state index in [4.69, 9.17) is 9.47 Å². The topological polar surface area (TPSA) is 64.6 Å². The van der Waals surface area contributed by atoms with Gasteiger partial charge in [-0.05, 0) is 68.8 Å². The van der Waals surface area contributed by atoms with Crippen molar-refractivity contribution in [2.75, 3.05) is 11.9 Å². The van der Waals surface area contributed by atoms with E-state index in [1.807, 2.05) is 51.1 Å². The van der Waals surface area contributed by atoms with Crippen LogP contribution in [0.15, 0.2) is 66.7 Å². The minimum Gasteiger partial charge on any atom is -0.482 e. The van der Waals surface area contributed by atoms with Gasteiger partial charge in [-0.2, -0.15) is 0 Å². The highest BCUT2D eigenvalue weighted by Gasteiger charge is 2.10. The van der Waals surface area contributed by atoms with Crippen molar-refractivity contribution in [3.05, 3.63) is 89.0 Å². The van der Waals surface area contributed by atoms with Crippen LogP contribution in [-0.2, 0) is 4.79 Å². The number of carbonyl (C=O) groups excluding carboxylic acids is 2. The van der Waals surface area contributed by atoms with E-state index >= 15 is 0 Å². The van der Waals surface area contributed by atoms with Gasteiger partial charge in [-0.1, -0.05) is 35.4 Å². The highest BCUT2D eigenvalue weighted by molar-refractivity contribution is 6.04. The molecule has 0 aromatic heterocycles. The molecule has 0 aliphatic rings. The lowest BCUT2D eigenvalue weighted by Gasteiger charge is -2.10. The van der Waals surface area contributed by atoms with E-state index in [0.717, 1.165) is 22.4 Å². The Hall–Kier alpha value is -3.60. The first-order chi connectivity index (χ1) is 13.9. The van der Waals surface area contributed by atoms with Crippen molar-refractivity contribution in [3.63, 3.8) is 0 Å². The van der Waals surface area contributed by atoms with E-state index < -0.39 is 5.97 Å². The maximum atomic E-state index is 12.4. The Balaban J connectivity index is 1.54. The third-order valence-electron chi connectivity index (χ3n) is 4.36. The van der Waals surface area contributed by atoms with E-state index in [9.17, 15) is 9.59 Å². The minimum atomic E-state index is -0.516. The average molecular weight is 389 g/mol. The van der Waals surface area contributed by atoms with Gasteiger partial charge in [0.15, 0.2) is 6.61 Å². The van der Waals surface area contributed by atoms with E-state index in [0.29, 0.717) is 17.1 Å². The predicted octanol–water partition coefficient (Wildman–Crippen LogP) is 4.85. The van der Waals surface area contributed by atoms with Gasteiger partial charge < -0.3 is 14.8 Å². The van der Waals surface area contributed by atoms with Crippen molar-refractivity contribution in [3.8, 4) is 11.5 Å². The van der Waals surface area contributed by atoms with Crippen LogP contribution in [0.2, 0.25) is 0 Å². The first-order valence-corrected chi connectivity index (χ1v) is 9.29. The standard InChI is InChI=1S/C24H23NO4/c1-16-4-9-20(10-5-16)28-15-23(26)29-21-11-7-19(8-12-21)24(27)25-22-13-6-17(2)14-18(22)3/h4-14H,15H2,1-3H3,(H,25,27). The second-order valence-corrected chi connectivity index (χ2v) is 6.87. The van der Waals surface area contributed by atoms with Crippen LogP contribution in [0.25, 0.3) is 0 Å². The van der Waals surface area contributed by atoms with Crippen LogP contribution in [0.3, 0.4) is 0 Å². The second kappa shape index (κ2) is 9.06. The number of ether oxygens (including phenoxy) is 2. The first kappa shape index (κ1) is 20.1. The summed E-state index contributed by atoms with van der Waals surface area (Å²) in [4.78, 5) is 24.4. The Kier molecular flexibility index (Phi) is 6.29. The van der Waals surface area contributed by atoms with Crippen LogP contribution in [0.4, 0.5) is 5.69 Å². The molecule has 1 amide bonds. The summed E-state index contributed by atoms with van der Waals surface area (Å²) in [6.45, 7) is 5.73. The van der Waals surface area contributed by atoms with Crippen molar-refractivity contribution in [1.82, 2.24) is 0 Å². The number of carbonyl (C=O) groups is 2. The van der Waals surface area contributed by atoms with Crippen LogP contribution in [0.1, 0.15) is 27.0 Å². The third kappa shape index (κ3) is 5.69. The van der Waals surface area contributed by atoms with Gasteiger partial charge in [0.25, 0.3) is 5.91 Å². The molecule has 0 bridgehead atoms. The van der Waals surface area contributed by atoms with Crippen molar-refractivity contribution >= 4 is 17.6 Å². The SMILES string of the molecule is Cc1ccc(OCC(=O)Oc2ccc(C(=O)Nc3ccc(C)cc3C)cc2)cc1. The van der Waals surface area contributed by atoms with Gasteiger partial charge in [0.2, 0.25) is 0 Å². The summed E-state index contributed by atoms with van der Waals surface area (Å²) in [5.74, 6) is 0.215. The minimum absolute atomic E-state index is 0.196. The predicted molar refractivity (Wildman–Crippen MR) is 113 cm³/mol. The molecule has 148 valence electrons. The molecule has 1 N–H and O–H groups in total. The molecule has 0 fully saturated rings. The van der Waals surface area contributed by atoms with Crippen LogP contribution in [-0.4, -0.2) is 18.5 Å². The maximum Gasteiger partial charge on any atom is 0.349 e. The van der Waals surface area contributed by atoms with Gasteiger partial charge in [-0.25, -0.2) is 4.79 Å². The second-order valence-electron chi connectivity index (χ2n) is 6.87. The summed E-state index contributed by atoms with van der Waals surface area (Å²) in [6.07, 6.45) is 0. The fourth-order valence-electron chi connectivity index (χ4n) is 2.76. The highest BCUT2D eigenvalue weighted by Crippen LogP contribution is 2.19. The van der Waals surface area contributed by atoms with Gasteiger partial charge in [0, 0.05) is 11.3 Å². The zero-order valence-electron chi connectivity index (χ0n) is 16.7. The molecule has 29 heavy (non-hydrogen) atoms. The summed E-state index contributed by atoms with van der Waals surface area (Å²) in [5, 5.41) is 2.89. The third-order valence-corrected chi connectivity index (χ3v) is 4.36. The van der Waals surface area contributed by atoms with Crippen molar-refractivity contribution in [2.24, 2.45) is 0 Å². The van der Waals surface area contributed by atoms with Crippen LogP contribution >= 0.6 is 0 Å². The van der Waals surface area contributed by atoms with Crippen LogP contribution in [0.5, 0.6) is 11.5 Å². The molecule has 0 aliphatic carbocycles. The number of nitrogens with one attached hydrogen (secondary N) is 1. The summed E-state index contributed by atoms with van der Waals surface area (Å²) in [7, 11) is 0. The lowest BCUT2D eigenvalue weighted by molar-refractivity contribution is -0.136. The fraction of sp³-hybridized carbons (Fsp3) is 0.167. The van der Waals surface area contributed by atoms with Crippen LogP contribution < -0.4 is 14.8 Å². The number of anilines is 1. The summed E-state index contributed by atoms with van der Waals surface area (Å²) in [6, 6.07) is 19.6. The lowest BCUT2D eigenvalue weighted by atomic mass is 10.1. The Morgan fingerprint density at radius 1 is 0.793 bits per heavy atom. The summed E-state index contributed by atoms with van der Waals surface area (Å²) < 4.78 is 10.7. The highest BCUT2D eigenvalue weighted by atomic mass is 16.6. The maximum absolute atomic E-state index is 12.4. The molecule has 0 atom stereocenters. The van der Waals surface area contributed by atoms with E-state index in [-0.39, 0.29) is 12.5 Å². The molecule has 0 spiro atoms. The molecule has 3 rings (SSSR count). The molecule has 5 heteroatoms. The molecule has 0 radical (unpaired) electrons. The summed E-state index contributed by atoms with van der Waals surface area (Å²) in [5.41, 5.74) is 4.49. The average Bonchev–Trinajstić information content (AvgIpc) is 2.70. The Labute approximate surface area is 170 Å². The largest absolute Gasteiger partial charge is 0.482 e. The molecule has 0 saturated carbocycles.